The predicted molar refractivity (Wildman–Crippen MR) is 52.8 cm³/mol. The Balaban J connectivity index is 3.14. The second-order valence-corrected chi connectivity index (χ2v) is 3.38. The van der Waals surface area contributed by atoms with Crippen molar-refractivity contribution >= 4 is 5.97 Å². The number of rotatable bonds is 2. The van der Waals surface area contributed by atoms with Crippen LogP contribution in [0.1, 0.15) is 22.8 Å². The van der Waals surface area contributed by atoms with Crippen LogP contribution in [-0.2, 0) is 9.53 Å². The third-order valence-electron chi connectivity index (χ3n) is 2.27. The van der Waals surface area contributed by atoms with Crippen LogP contribution in [0, 0.1) is 19.7 Å². The summed E-state index contributed by atoms with van der Waals surface area (Å²) in [7, 11) is 1.19. The van der Waals surface area contributed by atoms with Crippen LogP contribution in [0.25, 0.3) is 0 Å². The number of carbonyl (C=O) groups is 1. The standard InChI is InChI=1S/C11H13FO3/c1-6-5-9(12)7(2)4-8(6)10(13)11(14)15-3/h4-5,10,13H,1-3H3. The van der Waals surface area contributed by atoms with Gasteiger partial charge in [0.25, 0.3) is 0 Å². The highest BCUT2D eigenvalue weighted by molar-refractivity contribution is 5.76. The number of hydrogen-bond donors (Lipinski definition) is 1. The molecule has 0 radical (unpaired) electrons. The Hall–Kier alpha value is -1.42. The number of aliphatic hydroxyl groups excluding tert-OH is 1. The molecular weight excluding hydrogens is 199 g/mol. The zero-order valence-corrected chi connectivity index (χ0v) is 8.87. The van der Waals surface area contributed by atoms with Crippen LogP contribution in [0.4, 0.5) is 4.39 Å². The van der Waals surface area contributed by atoms with Gasteiger partial charge in [0.05, 0.1) is 7.11 Å². The number of methoxy groups -OCH3 is 1. The molecule has 1 N–H and O–H groups in total. The molecule has 0 bridgehead atoms. The van der Waals surface area contributed by atoms with Crippen LogP contribution in [0.15, 0.2) is 12.1 Å². The van der Waals surface area contributed by atoms with Crippen LogP contribution < -0.4 is 0 Å². The summed E-state index contributed by atoms with van der Waals surface area (Å²) >= 11 is 0. The molecule has 15 heavy (non-hydrogen) atoms. The van der Waals surface area contributed by atoms with E-state index in [1.54, 1.807) is 13.8 Å². The van der Waals surface area contributed by atoms with Crippen molar-refractivity contribution < 1.29 is 19.0 Å². The van der Waals surface area contributed by atoms with E-state index in [4.69, 9.17) is 0 Å². The fourth-order valence-corrected chi connectivity index (χ4v) is 1.34. The molecule has 0 aromatic heterocycles. The van der Waals surface area contributed by atoms with Crippen LogP contribution in [0.5, 0.6) is 0 Å². The summed E-state index contributed by atoms with van der Waals surface area (Å²) in [6.07, 6.45) is -1.35. The highest BCUT2D eigenvalue weighted by Crippen LogP contribution is 2.22. The van der Waals surface area contributed by atoms with E-state index in [9.17, 15) is 14.3 Å². The molecule has 0 spiro atoms. The molecule has 0 heterocycles. The van der Waals surface area contributed by atoms with Crippen molar-refractivity contribution in [3.05, 3.63) is 34.6 Å². The van der Waals surface area contributed by atoms with Gasteiger partial charge in [-0.3, -0.25) is 0 Å². The molecule has 1 rings (SSSR count). The van der Waals surface area contributed by atoms with Crippen molar-refractivity contribution in [1.29, 1.82) is 0 Å². The Bertz CT molecular complexity index is 388. The first kappa shape index (κ1) is 11.7. The third-order valence-corrected chi connectivity index (χ3v) is 2.27. The predicted octanol–water partition coefficient (Wildman–Crippen LogP) is 1.65. The van der Waals surface area contributed by atoms with Crippen LogP contribution in [0.2, 0.25) is 0 Å². The Labute approximate surface area is 87.5 Å². The van der Waals surface area contributed by atoms with E-state index in [-0.39, 0.29) is 5.82 Å². The SMILES string of the molecule is COC(=O)C(O)c1cc(C)c(F)cc1C. The summed E-state index contributed by atoms with van der Waals surface area (Å²) in [4.78, 5) is 11.1. The molecule has 0 amide bonds. The molecule has 3 nitrogen and oxygen atoms in total. The van der Waals surface area contributed by atoms with E-state index in [1.807, 2.05) is 0 Å². The van der Waals surface area contributed by atoms with E-state index in [2.05, 4.69) is 4.74 Å². The summed E-state index contributed by atoms with van der Waals surface area (Å²) in [5, 5.41) is 9.59. The first-order chi connectivity index (χ1) is 6.97. The summed E-state index contributed by atoms with van der Waals surface area (Å²) in [5.74, 6) is -1.10. The first-order valence-electron chi connectivity index (χ1n) is 4.50. The highest BCUT2D eigenvalue weighted by Gasteiger charge is 2.20. The Morgan fingerprint density at radius 3 is 2.53 bits per heavy atom. The normalized spacial score (nSPS) is 12.3. The van der Waals surface area contributed by atoms with Crippen molar-refractivity contribution in [2.75, 3.05) is 7.11 Å². The number of hydrogen-bond acceptors (Lipinski definition) is 3. The van der Waals surface area contributed by atoms with Crippen molar-refractivity contribution in [3.63, 3.8) is 0 Å². The lowest BCUT2D eigenvalue weighted by Crippen LogP contribution is -2.15. The van der Waals surface area contributed by atoms with Gasteiger partial charge in [0.2, 0.25) is 0 Å². The van der Waals surface area contributed by atoms with Gasteiger partial charge < -0.3 is 9.84 Å². The van der Waals surface area contributed by atoms with Crippen LogP contribution in [0.3, 0.4) is 0 Å². The zero-order valence-electron chi connectivity index (χ0n) is 8.87. The number of carbonyl (C=O) groups excluding carboxylic acids is 1. The molecule has 1 unspecified atom stereocenters. The maximum atomic E-state index is 13.1. The van der Waals surface area contributed by atoms with Gasteiger partial charge in [0.1, 0.15) is 5.82 Å². The smallest absolute Gasteiger partial charge is 0.339 e. The second kappa shape index (κ2) is 4.40. The fourth-order valence-electron chi connectivity index (χ4n) is 1.34. The quantitative estimate of drug-likeness (QED) is 0.758. The summed E-state index contributed by atoms with van der Waals surface area (Å²) in [5.41, 5.74) is 1.29. The lowest BCUT2D eigenvalue weighted by molar-refractivity contribution is -0.150. The van der Waals surface area contributed by atoms with Crippen LogP contribution in [-0.4, -0.2) is 18.2 Å². The van der Waals surface area contributed by atoms with E-state index >= 15 is 0 Å². The lowest BCUT2D eigenvalue weighted by Gasteiger charge is -2.12. The molecule has 0 fully saturated rings. The number of benzene rings is 1. The Morgan fingerprint density at radius 1 is 1.40 bits per heavy atom. The van der Waals surface area contributed by atoms with Gasteiger partial charge >= 0.3 is 5.97 Å². The molecule has 0 aliphatic heterocycles. The van der Waals surface area contributed by atoms with Gasteiger partial charge in [-0.2, -0.15) is 0 Å². The summed E-state index contributed by atoms with van der Waals surface area (Å²) in [6, 6.07) is 2.74. The topological polar surface area (TPSA) is 46.5 Å². The molecule has 0 aliphatic carbocycles. The van der Waals surface area contributed by atoms with E-state index < -0.39 is 12.1 Å². The van der Waals surface area contributed by atoms with Gasteiger partial charge in [-0.25, -0.2) is 9.18 Å². The van der Waals surface area contributed by atoms with Gasteiger partial charge in [-0.1, -0.05) is 0 Å². The molecule has 4 heteroatoms. The minimum atomic E-state index is -1.35. The monoisotopic (exact) mass is 212 g/mol. The Morgan fingerprint density at radius 2 is 2.00 bits per heavy atom. The zero-order chi connectivity index (χ0) is 11.6. The number of aryl methyl sites for hydroxylation is 2. The number of aliphatic hydroxyl groups is 1. The fraction of sp³-hybridized carbons (Fsp3) is 0.364. The summed E-state index contributed by atoms with van der Waals surface area (Å²) in [6.45, 7) is 3.20. The molecule has 1 aromatic rings. The molecule has 0 saturated carbocycles. The number of halogens is 1. The van der Waals surface area contributed by atoms with Gasteiger partial charge in [-0.15, -0.1) is 0 Å². The maximum absolute atomic E-state index is 13.1. The molecule has 1 atom stereocenters. The molecule has 0 saturated heterocycles. The van der Waals surface area contributed by atoms with Gasteiger partial charge in [-0.05, 0) is 42.7 Å². The third kappa shape index (κ3) is 2.33. The van der Waals surface area contributed by atoms with Crippen molar-refractivity contribution in [1.82, 2.24) is 0 Å². The van der Waals surface area contributed by atoms with Gasteiger partial charge in [0.15, 0.2) is 6.10 Å². The van der Waals surface area contributed by atoms with E-state index in [1.165, 1.54) is 19.2 Å². The molecule has 0 aliphatic rings. The van der Waals surface area contributed by atoms with E-state index in [0.29, 0.717) is 16.7 Å². The molecule has 1 aromatic carbocycles. The van der Waals surface area contributed by atoms with Crippen molar-refractivity contribution in [2.45, 2.75) is 20.0 Å². The Kier molecular flexibility index (Phi) is 3.42. The minimum absolute atomic E-state index is 0.353. The van der Waals surface area contributed by atoms with Gasteiger partial charge in [0, 0.05) is 0 Å². The largest absolute Gasteiger partial charge is 0.467 e. The van der Waals surface area contributed by atoms with Crippen molar-refractivity contribution in [3.8, 4) is 0 Å². The summed E-state index contributed by atoms with van der Waals surface area (Å²) < 4.78 is 17.5. The molecular formula is C11H13FO3. The van der Waals surface area contributed by atoms with Crippen LogP contribution >= 0.6 is 0 Å². The molecule has 82 valence electrons. The second-order valence-electron chi connectivity index (χ2n) is 3.38. The maximum Gasteiger partial charge on any atom is 0.339 e. The average molecular weight is 212 g/mol. The van der Waals surface area contributed by atoms with E-state index in [0.717, 1.165) is 0 Å². The number of esters is 1. The minimum Gasteiger partial charge on any atom is -0.467 e. The lowest BCUT2D eigenvalue weighted by atomic mass is 10.0. The van der Waals surface area contributed by atoms with Crippen molar-refractivity contribution in [2.24, 2.45) is 0 Å². The first-order valence-corrected chi connectivity index (χ1v) is 4.50. The number of ether oxygens (including phenoxy) is 1. The average Bonchev–Trinajstić information content (AvgIpc) is 2.21. The highest BCUT2D eigenvalue weighted by atomic mass is 19.1.